The monoisotopic (exact) mass is 310 g/mol. The van der Waals surface area contributed by atoms with Gasteiger partial charge in [-0.25, -0.2) is 0 Å². The predicted molar refractivity (Wildman–Crippen MR) is 94.6 cm³/mol. The Labute approximate surface area is 138 Å². The van der Waals surface area contributed by atoms with E-state index in [4.69, 9.17) is 0 Å². The summed E-state index contributed by atoms with van der Waals surface area (Å²) in [6, 6.07) is 10.1. The molecule has 1 aromatic carbocycles. The van der Waals surface area contributed by atoms with Crippen LogP contribution in [0.4, 0.5) is 0 Å². The van der Waals surface area contributed by atoms with Gasteiger partial charge in [-0.05, 0) is 44.2 Å². The van der Waals surface area contributed by atoms with Gasteiger partial charge in [0.25, 0.3) is 5.91 Å². The summed E-state index contributed by atoms with van der Waals surface area (Å²) in [5, 5.41) is 4.19. The summed E-state index contributed by atoms with van der Waals surface area (Å²) in [6.07, 6.45) is 7.24. The summed E-state index contributed by atoms with van der Waals surface area (Å²) in [6.45, 7) is 4.22. The van der Waals surface area contributed by atoms with Gasteiger partial charge in [0.15, 0.2) is 0 Å². The molecule has 0 aliphatic heterocycles. The van der Waals surface area contributed by atoms with Crippen LogP contribution in [0.25, 0.3) is 10.9 Å². The van der Waals surface area contributed by atoms with Gasteiger partial charge in [-0.1, -0.05) is 44.4 Å². The van der Waals surface area contributed by atoms with Gasteiger partial charge >= 0.3 is 0 Å². The van der Waals surface area contributed by atoms with Gasteiger partial charge < -0.3 is 5.32 Å². The van der Waals surface area contributed by atoms with Crippen LogP contribution in [-0.4, -0.2) is 16.9 Å². The van der Waals surface area contributed by atoms with Crippen LogP contribution in [-0.2, 0) is 6.42 Å². The van der Waals surface area contributed by atoms with Gasteiger partial charge in [0.1, 0.15) is 0 Å². The van der Waals surface area contributed by atoms with Crippen LogP contribution < -0.4 is 5.32 Å². The summed E-state index contributed by atoms with van der Waals surface area (Å²) < 4.78 is 0. The average Bonchev–Trinajstić information content (AvgIpc) is 2.61. The quantitative estimate of drug-likeness (QED) is 0.903. The van der Waals surface area contributed by atoms with Crippen molar-refractivity contribution in [3.05, 3.63) is 41.6 Å². The fraction of sp³-hybridized carbons (Fsp3) is 0.500. The molecular weight excluding hydrogens is 284 g/mol. The molecule has 0 saturated heterocycles. The Kier molecular flexibility index (Phi) is 4.94. The Hall–Kier alpha value is -1.90. The van der Waals surface area contributed by atoms with Crippen molar-refractivity contribution < 1.29 is 4.79 Å². The van der Waals surface area contributed by atoms with Crippen molar-refractivity contribution in [1.29, 1.82) is 0 Å². The lowest BCUT2D eigenvalue weighted by Gasteiger charge is -2.28. The number of rotatable bonds is 4. The fourth-order valence-electron chi connectivity index (χ4n) is 3.64. The van der Waals surface area contributed by atoms with Crippen LogP contribution in [0.15, 0.2) is 30.3 Å². The highest BCUT2D eigenvalue weighted by Crippen LogP contribution is 2.27. The van der Waals surface area contributed by atoms with Gasteiger partial charge in [-0.3, -0.25) is 9.78 Å². The number of carbonyl (C=O) groups is 1. The van der Waals surface area contributed by atoms with E-state index in [-0.39, 0.29) is 11.9 Å². The Balaban J connectivity index is 1.85. The lowest BCUT2D eigenvalue weighted by molar-refractivity contribution is 0.0921. The van der Waals surface area contributed by atoms with E-state index in [2.05, 4.69) is 24.1 Å². The van der Waals surface area contributed by atoms with E-state index < -0.39 is 0 Å². The number of fused-ring (bicyclic) bond motifs is 1. The molecular formula is C20H26N2O. The topological polar surface area (TPSA) is 42.0 Å². The van der Waals surface area contributed by atoms with Gasteiger partial charge in [0.2, 0.25) is 0 Å². The number of hydrogen-bond donors (Lipinski definition) is 1. The minimum atomic E-state index is 0.0383. The lowest BCUT2D eigenvalue weighted by atomic mass is 9.84. The number of nitrogens with one attached hydrogen (secondary N) is 1. The summed E-state index contributed by atoms with van der Waals surface area (Å²) in [7, 11) is 0. The van der Waals surface area contributed by atoms with Crippen LogP contribution in [0.1, 0.15) is 62.0 Å². The molecule has 122 valence electrons. The highest BCUT2D eigenvalue weighted by molar-refractivity contribution is 6.06. The molecule has 1 atom stereocenters. The van der Waals surface area contributed by atoms with Crippen molar-refractivity contribution in [3.8, 4) is 0 Å². The zero-order valence-electron chi connectivity index (χ0n) is 14.1. The number of para-hydroxylation sites is 1. The van der Waals surface area contributed by atoms with E-state index in [9.17, 15) is 4.79 Å². The molecule has 1 aliphatic rings. The first kappa shape index (κ1) is 16.0. The zero-order chi connectivity index (χ0) is 16.2. The van der Waals surface area contributed by atoms with Crippen LogP contribution in [0.3, 0.4) is 0 Å². The van der Waals surface area contributed by atoms with E-state index >= 15 is 0 Å². The normalized spacial score (nSPS) is 17.1. The number of pyridine rings is 1. The standard InChI is InChI=1S/C20H26N2O/c1-3-16-13-18(17-11-7-8-12-19(17)22-16)20(23)21-14(2)15-9-5-4-6-10-15/h7-8,11-15H,3-6,9-10H2,1-2H3,(H,21,23)/t14-/m0/s1. The van der Waals surface area contributed by atoms with Crippen LogP contribution in [0.2, 0.25) is 0 Å². The third-order valence-electron chi connectivity index (χ3n) is 5.09. The van der Waals surface area contributed by atoms with E-state index in [0.29, 0.717) is 5.92 Å². The average molecular weight is 310 g/mol. The van der Waals surface area contributed by atoms with Gasteiger partial charge in [-0.2, -0.15) is 0 Å². The molecule has 1 aliphatic carbocycles. The summed E-state index contributed by atoms with van der Waals surface area (Å²) >= 11 is 0. The summed E-state index contributed by atoms with van der Waals surface area (Å²) in [5.74, 6) is 0.655. The lowest BCUT2D eigenvalue weighted by Crippen LogP contribution is -2.39. The number of benzene rings is 1. The van der Waals surface area contributed by atoms with Crippen LogP contribution in [0.5, 0.6) is 0 Å². The molecule has 0 bridgehead atoms. The summed E-state index contributed by atoms with van der Waals surface area (Å²) in [4.78, 5) is 17.5. The maximum atomic E-state index is 12.8. The Morgan fingerprint density at radius 1 is 1.26 bits per heavy atom. The largest absolute Gasteiger partial charge is 0.349 e. The molecule has 1 aromatic heterocycles. The highest BCUT2D eigenvalue weighted by atomic mass is 16.1. The Bertz CT molecular complexity index is 689. The van der Waals surface area contributed by atoms with E-state index in [1.807, 2.05) is 30.3 Å². The molecule has 1 amide bonds. The highest BCUT2D eigenvalue weighted by Gasteiger charge is 2.22. The third kappa shape index (κ3) is 3.54. The first-order valence-electron chi connectivity index (χ1n) is 8.88. The maximum absolute atomic E-state index is 12.8. The fourth-order valence-corrected chi connectivity index (χ4v) is 3.64. The van der Waals surface area contributed by atoms with Crippen molar-refractivity contribution in [1.82, 2.24) is 10.3 Å². The summed E-state index contributed by atoms with van der Waals surface area (Å²) in [5.41, 5.74) is 2.64. The molecule has 0 spiro atoms. The SMILES string of the molecule is CCc1cc(C(=O)N[C@@H](C)C2CCCCC2)c2ccccc2n1. The molecule has 1 heterocycles. The minimum Gasteiger partial charge on any atom is -0.349 e. The smallest absolute Gasteiger partial charge is 0.252 e. The van der Waals surface area contributed by atoms with Crippen molar-refractivity contribution in [2.45, 2.75) is 58.4 Å². The van der Waals surface area contributed by atoms with Crippen molar-refractivity contribution in [2.75, 3.05) is 0 Å². The van der Waals surface area contributed by atoms with Gasteiger partial charge in [-0.15, -0.1) is 0 Å². The maximum Gasteiger partial charge on any atom is 0.252 e. The number of carbonyl (C=O) groups excluding carboxylic acids is 1. The second kappa shape index (κ2) is 7.12. The first-order valence-corrected chi connectivity index (χ1v) is 8.88. The molecule has 1 saturated carbocycles. The van der Waals surface area contributed by atoms with Gasteiger partial charge in [0, 0.05) is 17.1 Å². The van der Waals surface area contributed by atoms with Crippen LogP contribution >= 0.6 is 0 Å². The zero-order valence-corrected chi connectivity index (χ0v) is 14.1. The number of amides is 1. The number of aromatic nitrogens is 1. The molecule has 23 heavy (non-hydrogen) atoms. The number of nitrogens with zero attached hydrogens (tertiary/aromatic N) is 1. The van der Waals surface area contributed by atoms with Crippen molar-refractivity contribution in [2.24, 2.45) is 5.92 Å². The Morgan fingerprint density at radius 3 is 2.74 bits per heavy atom. The first-order chi connectivity index (χ1) is 11.2. The molecule has 1 fully saturated rings. The molecule has 2 aromatic rings. The van der Waals surface area contributed by atoms with Crippen LogP contribution in [0, 0.1) is 5.92 Å². The third-order valence-corrected chi connectivity index (χ3v) is 5.09. The molecule has 0 radical (unpaired) electrons. The van der Waals surface area contributed by atoms with E-state index in [0.717, 1.165) is 28.6 Å². The van der Waals surface area contributed by atoms with E-state index in [1.165, 1.54) is 32.1 Å². The molecule has 3 nitrogen and oxygen atoms in total. The molecule has 1 N–H and O–H groups in total. The van der Waals surface area contributed by atoms with Crippen molar-refractivity contribution in [3.63, 3.8) is 0 Å². The molecule has 3 heteroatoms. The minimum absolute atomic E-state index is 0.0383. The van der Waals surface area contributed by atoms with E-state index in [1.54, 1.807) is 0 Å². The second-order valence-corrected chi connectivity index (χ2v) is 6.69. The molecule has 0 unspecified atom stereocenters. The Morgan fingerprint density at radius 2 is 2.00 bits per heavy atom. The number of aryl methyl sites for hydroxylation is 1. The van der Waals surface area contributed by atoms with Gasteiger partial charge in [0.05, 0.1) is 11.1 Å². The predicted octanol–water partition coefficient (Wildman–Crippen LogP) is 4.50. The molecule has 3 rings (SSSR count). The number of hydrogen-bond acceptors (Lipinski definition) is 2. The second-order valence-electron chi connectivity index (χ2n) is 6.69. The van der Waals surface area contributed by atoms with Crippen molar-refractivity contribution >= 4 is 16.8 Å².